The molecular formula is C15H19NO5. The van der Waals surface area contributed by atoms with Gasteiger partial charge in [0.1, 0.15) is 6.04 Å². The van der Waals surface area contributed by atoms with Gasteiger partial charge in [0.05, 0.1) is 20.6 Å². The Labute approximate surface area is 123 Å². The smallest absolute Gasteiger partial charge is 0.328 e. The third-order valence-electron chi connectivity index (χ3n) is 2.89. The van der Waals surface area contributed by atoms with Crippen LogP contribution in [-0.4, -0.2) is 38.1 Å². The van der Waals surface area contributed by atoms with Gasteiger partial charge < -0.3 is 14.8 Å². The number of rotatable bonds is 7. The fraction of sp³-hybridized carbons (Fsp3) is 0.400. The topological polar surface area (TPSA) is 81.7 Å². The molecule has 6 heteroatoms. The molecule has 1 N–H and O–H groups in total. The number of carbonyl (C=O) groups is 3. The summed E-state index contributed by atoms with van der Waals surface area (Å²) in [4.78, 5) is 34.7. The number of hydrogen-bond acceptors (Lipinski definition) is 5. The maximum atomic E-state index is 11.9. The highest BCUT2D eigenvalue weighted by molar-refractivity contribution is 5.86. The Morgan fingerprint density at radius 2 is 1.76 bits per heavy atom. The van der Waals surface area contributed by atoms with E-state index in [0.717, 1.165) is 5.56 Å². The normalized spacial score (nSPS) is 11.3. The summed E-state index contributed by atoms with van der Waals surface area (Å²) in [5.41, 5.74) is 0.839. The molecule has 0 fully saturated rings. The van der Waals surface area contributed by atoms with Crippen LogP contribution < -0.4 is 5.32 Å². The third kappa shape index (κ3) is 6.07. The van der Waals surface area contributed by atoms with Crippen LogP contribution in [0.5, 0.6) is 0 Å². The van der Waals surface area contributed by atoms with Crippen LogP contribution in [0.4, 0.5) is 0 Å². The second-order valence-electron chi connectivity index (χ2n) is 4.42. The highest BCUT2D eigenvalue weighted by atomic mass is 16.5. The van der Waals surface area contributed by atoms with Gasteiger partial charge in [-0.3, -0.25) is 9.59 Å². The van der Waals surface area contributed by atoms with E-state index in [1.807, 2.05) is 30.3 Å². The molecule has 1 atom stereocenters. The molecule has 0 radical (unpaired) electrons. The van der Waals surface area contributed by atoms with Crippen molar-refractivity contribution >= 4 is 17.8 Å². The van der Waals surface area contributed by atoms with Crippen molar-refractivity contribution in [1.29, 1.82) is 0 Å². The van der Waals surface area contributed by atoms with E-state index in [-0.39, 0.29) is 25.2 Å². The largest absolute Gasteiger partial charge is 0.469 e. The first kappa shape index (κ1) is 16.7. The fourth-order valence-corrected chi connectivity index (χ4v) is 1.78. The van der Waals surface area contributed by atoms with Gasteiger partial charge in [-0.1, -0.05) is 30.3 Å². The van der Waals surface area contributed by atoms with Gasteiger partial charge in [-0.15, -0.1) is 0 Å². The molecule has 21 heavy (non-hydrogen) atoms. The number of hydrogen-bond donors (Lipinski definition) is 1. The number of carbonyl (C=O) groups excluding carboxylic acids is 3. The molecule has 1 aromatic rings. The SMILES string of the molecule is COC(=O)CC[C@@H](NC(=O)Cc1ccccc1)C(=O)OC. The molecule has 0 saturated heterocycles. The molecule has 0 aliphatic heterocycles. The highest BCUT2D eigenvalue weighted by Gasteiger charge is 2.22. The van der Waals surface area contributed by atoms with Crippen molar-refractivity contribution in [3.05, 3.63) is 35.9 Å². The van der Waals surface area contributed by atoms with E-state index in [0.29, 0.717) is 0 Å². The maximum absolute atomic E-state index is 11.9. The molecule has 0 bridgehead atoms. The first-order valence-corrected chi connectivity index (χ1v) is 6.54. The number of methoxy groups -OCH3 is 2. The van der Waals surface area contributed by atoms with E-state index < -0.39 is 18.0 Å². The minimum absolute atomic E-state index is 0.0296. The van der Waals surface area contributed by atoms with E-state index in [9.17, 15) is 14.4 Å². The number of amides is 1. The number of nitrogens with one attached hydrogen (secondary N) is 1. The lowest BCUT2D eigenvalue weighted by atomic mass is 10.1. The van der Waals surface area contributed by atoms with Crippen LogP contribution in [0.2, 0.25) is 0 Å². The molecule has 0 aromatic heterocycles. The van der Waals surface area contributed by atoms with Crippen LogP contribution in [0.25, 0.3) is 0 Å². The summed E-state index contributed by atoms with van der Waals surface area (Å²) in [6.45, 7) is 0. The molecule has 114 valence electrons. The highest BCUT2D eigenvalue weighted by Crippen LogP contribution is 2.04. The minimum atomic E-state index is -0.856. The van der Waals surface area contributed by atoms with Crippen LogP contribution in [-0.2, 0) is 30.3 Å². The van der Waals surface area contributed by atoms with E-state index in [1.54, 1.807) is 0 Å². The predicted octanol–water partition coefficient (Wildman–Crippen LogP) is 0.840. The van der Waals surface area contributed by atoms with Crippen molar-refractivity contribution in [1.82, 2.24) is 5.32 Å². The fourth-order valence-electron chi connectivity index (χ4n) is 1.78. The van der Waals surface area contributed by atoms with Gasteiger partial charge in [0.15, 0.2) is 0 Å². The zero-order chi connectivity index (χ0) is 15.7. The molecule has 0 aliphatic rings. The second kappa shape index (κ2) is 8.73. The van der Waals surface area contributed by atoms with Gasteiger partial charge in [-0.05, 0) is 12.0 Å². The summed E-state index contributed by atoms with van der Waals surface area (Å²) >= 11 is 0. The summed E-state index contributed by atoms with van der Waals surface area (Å²) in [7, 11) is 2.50. The number of ether oxygens (including phenoxy) is 2. The van der Waals surface area contributed by atoms with Crippen molar-refractivity contribution in [2.75, 3.05) is 14.2 Å². The molecule has 0 spiro atoms. The monoisotopic (exact) mass is 293 g/mol. The maximum Gasteiger partial charge on any atom is 0.328 e. The van der Waals surface area contributed by atoms with Gasteiger partial charge in [0.25, 0.3) is 0 Å². The summed E-state index contributed by atoms with van der Waals surface area (Å²) < 4.78 is 9.13. The first-order chi connectivity index (χ1) is 10.1. The molecule has 0 aliphatic carbocycles. The molecule has 1 rings (SSSR count). The Morgan fingerprint density at radius 3 is 2.33 bits per heavy atom. The van der Waals surface area contributed by atoms with Crippen molar-refractivity contribution in [2.45, 2.75) is 25.3 Å². The van der Waals surface area contributed by atoms with Crippen molar-refractivity contribution < 1.29 is 23.9 Å². The standard InChI is InChI=1S/C15H19NO5/c1-20-14(18)9-8-12(15(19)21-2)16-13(17)10-11-6-4-3-5-7-11/h3-7,12H,8-10H2,1-2H3,(H,16,17)/t12-/m1/s1. The molecule has 0 heterocycles. The van der Waals surface area contributed by atoms with Crippen LogP contribution in [0.1, 0.15) is 18.4 Å². The minimum Gasteiger partial charge on any atom is -0.469 e. The number of esters is 2. The lowest BCUT2D eigenvalue weighted by Crippen LogP contribution is -2.42. The van der Waals surface area contributed by atoms with Gasteiger partial charge in [0, 0.05) is 6.42 Å². The van der Waals surface area contributed by atoms with E-state index in [2.05, 4.69) is 14.8 Å². The zero-order valence-corrected chi connectivity index (χ0v) is 12.1. The summed E-state index contributed by atoms with van der Waals surface area (Å²) in [5, 5.41) is 2.57. The Bertz CT molecular complexity index is 486. The van der Waals surface area contributed by atoms with Crippen molar-refractivity contribution in [3.8, 4) is 0 Å². The van der Waals surface area contributed by atoms with E-state index in [1.165, 1.54) is 14.2 Å². The Kier molecular flexibility index (Phi) is 6.94. The van der Waals surface area contributed by atoms with Crippen molar-refractivity contribution in [3.63, 3.8) is 0 Å². The molecule has 1 aromatic carbocycles. The molecule has 6 nitrogen and oxygen atoms in total. The summed E-state index contributed by atoms with van der Waals surface area (Å²) in [6.07, 6.45) is 0.328. The first-order valence-electron chi connectivity index (χ1n) is 6.54. The molecule has 1 amide bonds. The lowest BCUT2D eigenvalue weighted by molar-refractivity contribution is -0.146. The van der Waals surface area contributed by atoms with Crippen molar-refractivity contribution in [2.24, 2.45) is 0 Å². The van der Waals surface area contributed by atoms with Gasteiger partial charge in [-0.25, -0.2) is 4.79 Å². The van der Waals surface area contributed by atoms with Crippen LogP contribution in [0.3, 0.4) is 0 Å². The Hall–Kier alpha value is -2.37. The number of benzene rings is 1. The third-order valence-corrected chi connectivity index (χ3v) is 2.89. The van der Waals surface area contributed by atoms with E-state index >= 15 is 0 Å². The van der Waals surface area contributed by atoms with E-state index in [4.69, 9.17) is 0 Å². The summed E-state index contributed by atoms with van der Waals surface area (Å²) in [5.74, 6) is -1.33. The molecule has 0 unspecified atom stereocenters. The molecule has 0 saturated carbocycles. The Balaban J connectivity index is 2.57. The van der Waals surface area contributed by atoms with Gasteiger partial charge >= 0.3 is 11.9 Å². The van der Waals surface area contributed by atoms with Gasteiger partial charge in [-0.2, -0.15) is 0 Å². The zero-order valence-electron chi connectivity index (χ0n) is 12.1. The predicted molar refractivity (Wildman–Crippen MR) is 75.3 cm³/mol. The molecular weight excluding hydrogens is 274 g/mol. The average Bonchev–Trinajstić information content (AvgIpc) is 2.51. The van der Waals surface area contributed by atoms with Crippen LogP contribution >= 0.6 is 0 Å². The van der Waals surface area contributed by atoms with Crippen LogP contribution in [0, 0.1) is 0 Å². The second-order valence-corrected chi connectivity index (χ2v) is 4.42. The van der Waals surface area contributed by atoms with Gasteiger partial charge in [0.2, 0.25) is 5.91 Å². The average molecular weight is 293 g/mol. The summed E-state index contributed by atoms with van der Waals surface area (Å²) in [6, 6.07) is 8.30. The lowest BCUT2D eigenvalue weighted by Gasteiger charge is -2.16. The van der Waals surface area contributed by atoms with Crippen LogP contribution in [0.15, 0.2) is 30.3 Å². The quantitative estimate of drug-likeness (QED) is 0.753. The Morgan fingerprint density at radius 1 is 1.10 bits per heavy atom.